The summed E-state index contributed by atoms with van der Waals surface area (Å²) < 4.78 is 12.8. The van der Waals surface area contributed by atoms with Crippen molar-refractivity contribution in [3.63, 3.8) is 0 Å². The zero-order valence-corrected chi connectivity index (χ0v) is 15.4. The lowest BCUT2D eigenvalue weighted by Crippen LogP contribution is -2.33. The Morgan fingerprint density at radius 3 is 2.46 bits per heavy atom. The van der Waals surface area contributed by atoms with Gasteiger partial charge in [-0.05, 0) is 40.2 Å². The van der Waals surface area contributed by atoms with Gasteiger partial charge in [0.2, 0.25) is 5.91 Å². The van der Waals surface area contributed by atoms with Crippen LogP contribution in [-0.4, -0.2) is 28.3 Å². The molecule has 0 spiro atoms. The van der Waals surface area contributed by atoms with Crippen molar-refractivity contribution in [2.24, 2.45) is 0 Å². The highest BCUT2D eigenvalue weighted by atomic mass is 79.9. The molecule has 0 radical (unpaired) electrons. The highest BCUT2D eigenvalue weighted by Gasteiger charge is 2.15. The summed E-state index contributed by atoms with van der Waals surface area (Å²) in [5.41, 5.74) is 0.954. The quantitative estimate of drug-likeness (QED) is 0.771. The molecular weight excluding hydrogens is 392 g/mol. The molecule has 126 valence electrons. The molecule has 2 aromatic carbocycles. The normalized spacial score (nSPS) is 11.6. The molecule has 0 aliphatic carbocycles. The molecule has 2 rings (SSSR count). The maximum absolute atomic E-state index is 12.3. The highest BCUT2D eigenvalue weighted by molar-refractivity contribution is 9.10. The summed E-state index contributed by atoms with van der Waals surface area (Å²) in [6.07, 6.45) is 0. The molecule has 0 aliphatic heterocycles. The van der Waals surface area contributed by atoms with Crippen molar-refractivity contribution in [1.29, 1.82) is 0 Å². The van der Waals surface area contributed by atoms with Crippen LogP contribution in [0, 0.1) is 0 Å². The zero-order chi connectivity index (χ0) is 17.5. The van der Waals surface area contributed by atoms with Crippen LogP contribution in [0.3, 0.4) is 0 Å². The van der Waals surface area contributed by atoms with E-state index in [0.717, 1.165) is 4.47 Å². The number of hydrogen-bond donors (Lipinski definition) is 2. The van der Waals surface area contributed by atoms with E-state index in [9.17, 15) is 13.8 Å². The van der Waals surface area contributed by atoms with Crippen LogP contribution in [0.1, 0.15) is 17.3 Å². The number of nitrogens with one attached hydrogen (secondary N) is 2. The van der Waals surface area contributed by atoms with Gasteiger partial charge in [-0.25, -0.2) is 0 Å². The SMILES string of the molecule is CC[S@@](=O)c1ccccc1C(=O)NCC(=O)Nc1ccccc1Br. The van der Waals surface area contributed by atoms with Gasteiger partial charge in [-0.3, -0.25) is 13.8 Å². The molecule has 5 nitrogen and oxygen atoms in total. The van der Waals surface area contributed by atoms with Gasteiger partial charge in [0.25, 0.3) is 5.91 Å². The fourth-order valence-electron chi connectivity index (χ4n) is 2.02. The van der Waals surface area contributed by atoms with Crippen molar-refractivity contribution in [3.8, 4) is 0 Å². The summed E-state index contributed by atoms with van der Waals surface area (Å²) in [4.78, 5) is 24.7. The maximum Gasteiger partial charge on any atom is 0.252 e. The van der Waals surface area contributed by atoms with Crippen LogP contribution in [0.4, 0.5) is 5.69 Å². The van der Waals surface area contributed by atoms with Gasteiger partial charge in [0.1, 0.15) is 0 Å². The number of para-hydroxylation sites is 1. The Kier molecular flexibility index (Phi) is 6.69. The van der Waals surface area contributed by atoms with Crippen LogP contribution in [0.15, 0.2) is 57.9 Å². The van der Waals surface area contributed by atoms with Gasteiger partial charge in [-0.15, -0.1) is 0 Å². The topological polar surface area (TPSA) is 75.3 Å². The summed E-state index contributed by atoms with van der Waals surface area (Å²) >= 11 is 3.34. The van der Waals surface area contributed by atoms with Crippen molar-refractivity contribution < 1.29 is 13.8 Å². The van der Waals surface area contributed by atoms with E-state index in [-0.39, 0.29) is 12.5 Å². The first kappa shape index (κ1) is 18.4. The minimum Gasteiger partial charge on any atom is -0.343 e. The number of anilines is 1. The second kappa shape index (κ2) is 8.75. The van der Waals surface area contributed by atoms with E-state index in [1.165, 1.54) is 0 Å². The molecule has 0 aliphatic rings. The molecule has 2 amide bonds. The third-order valence-electron chi connectivity index (χ3n) is 3.20. The minimum atomic E-state index is -1.24. The molecule has 7 heteroatoms. The number of amides is 2. The largest absolute Gasteiger partial charge is 0.343 e. The second-order valence-electron chi connectivity index (χ2n) is 4.84. The summed E-state index contributed by atoms with van der Waals surface area (Å²) in [6.45, 7) is 1.61. The minimum absolute atomic E-state index is 0.173. The Balaban J connectivity index is 2.00. The third-order valence-corrected chi connectivity index (χ3v) is 5.26. The van der Waals surface area contributed by atoms with Crippen LogP contribution >= 0.6 is 15.9 Å². The summed E-state index contributed by atoms with van der Waals surface area (Å²) in [7, 11) is -1.24. The van der Waals surface area contributed by atoms with Gasteiger partial charge in [-0.2, -0.15) is 0 Å². The maximum atomic E-state index is 12.3. The van der Waals surface area contributed by atoms with Gasteiger partial charge >= 0.3 is 0 Å². The lowest BCUT2D eigenvalue weighted by atomic mass is 10.2. The number of halogens is 1. The van der Waals surface area contributed by atoms with E-state index in [1.54, 1.807) is 43.3 Å². The van der Waals surface area contributed by atoms with Crippen LogP contribution in [0.25, 0.3) is 0 Å². The standard InChI is InChI=1S/C17H17BrN2O3S/c1-2-24(23)15-10-6-3-7-12(15)17(22)19-11-16(21)20-14-9-5-4-8-13(14)18/h3-10H,2,11H2,1H3,(H,19,22)(H,20,21)/t24-/m1/s1. The fourth-order valence-corrected chi connectivity index (χ4v) is 3.35. The number of benzene rings is 2. The molecule has 0 saturated heterocycles. The van der Waals surface area contributed by atoms with Gasteiger partial charge in [0.05, 0.1) is 33.5 Å². The van der Waals surface area contributed by atoms with Gasteiger partial charge in [0.15, 0.2) is 0 Å². The summed E-state index contributed by atoms with van der Waals surface area (Å²) in [5, 5.41) is 5.26. The Morgan fingerprint density at radius 1 is 1.08 bits per heavy atom. The molecule has 0 saturated carbocycles. The Bertz CT molecular complexity index is 780. The van der Waals surface area contributed by atoms with E-state index in [2.05, 4.69) is 26.6 Å². The van der Waals surface area contributed by atoms with Crippen LogP contribution in [-0.2, 0) is 15.6 Å². The first-order chi connectivity index (χ1) is 11.5. The van der Waals surface area contributed by atoms with Crippen molar-refractivity contribution in [3.05, 3.63) is 58.6 Å². The van der Waals surface area contributed by atoms with E-state index < -0.39 is 16.7 Å². The van der Waals surface area contributed by atoms with Crippen LogP contribution in [0.5, 0.6) is 0 Å². The molecule has 0 bridgehead atoms. The molecule has 1 atom stereocenters. The molecule has 0 unspecified atom stereocenters. The Labute approximate surface area is 151 Å². The molecular formula is C17H17BrN2O3S. The second-order valence-corrected chi connectivity index (χ2v) is 7.40. The van der Waals surface area contributed by atoms with Crippen molar-refractivity contribution in [2.75, 3.05) is 17.6 Å². The third kappa shape index (κ3) is 4.75. The van der Waals surface area contributed by atoms with Crippen LogP contribution in [0.2, 0.25) is 0 Å². The molecule has 0 fully saturated rings. The zero-order valence-electron chi connectivity index (χ0n) is 13.0. The predicted molar refractivity (Wildman–Crippen MR) is 98.5 cm³/mol. The monoisotopic (exact) mass is 408 g/mol. The van der Waals surface area contributed by atoms with Gasteiger partial charge in [0, 0.05) is 10.2 Å². The number of carbonyl (C=O) groups excluding carboxylic acids is 2. The lowest BCUT2D eigenvalue weighted by molar-refractivity contribution is -0.115. The lowest BCUT2D eigenvalue weighted by Gasteiger charge is -2.10. The average molecular weight is 409 g/mol. The van der Waals surface area contributed by atoms with E-state index in [0.29, 0.717) is 21.9 Å². The molecule has 0 aromatic heterocycles. The smallest absolute Gasteiger partial charge is 0.252 e. The fraction of sp³-hybridized carbons (Fsp3) is 0.176. The van der Waals surface area contributed by atoms with E-state index in [4.69, 9.17) is 0 Å². The molecule has 2 aromatic rings. The molecule has 24 heavy (non-hydrogen) atoms. The van der Waals surface area contributed by atoms with Crippen molar-refractivity contribution in [1.82, 2.24) is 5.32 Å². The number of hydrogen-bond acceptors (Lipinski definition) is 3. The Morgan fingerprint density at radius 2 is 1.75 bits per heavy atom. The van der Waals surface area contributed by atoms with E-state index in [1.807, 2.05) is 12.1 Å². The summed E-state index contributed by atoms with van der Waals surface area (Å²) in [6, 6.07) is 13.9. The van der Waals surface area contributed by atoms with Crippen molar-refractivity contribution in [2.45, 2.75) is 11.8 Å². The average Bonchev–Trinajstić information content (AvgIpc) is 2.61. The van der Waals surface area contributed by atoms with Crippen molar-refractivity contribution >= 4 is 44.2 Å². The molecule has 2 N–H and O–H groups in total. The van der Waals surface area contributed by atoms with Gasteiger partial charge < -0.3 is 10.6 Å². The molecule has 0 heterocycles. The van der Waals surface area contributed by atoms with Gasteiger partial charge in [-0.1, -0.05) is 31.2 Å². The number of rotatable bonds is 6. The highest BCUT2D eigenvalue weighted by Crippen LogP contribution is 2.20. The first-order valence-electron chi connectivity index (χ1n) is 7.33. The summed E-state index contributed by atoms with van der Waals surface area (Å²) in [5.74, 6) is -0.341. The predicted octanol–water partition coefficient (Wildman–Crippen LogP) is 2.95. The van der Waals surface area contributed by atoms with E-state index >= 15 is 0 Å². The van der Waals surface area contributed by atoms with Crippen LogP contribution < -0.4 is 10.6 Å². The Hall–Kier alpha value is -1.99. The first-order valence-corrected chi connectivity index (χ1v) is 9.44. The number of carbonyl (C=O) groups is 2.